The maximum atomic E-state index is 12.8. The summed E-state index contributed by atoms with van der Waals surface area (Å²) in [4.78, 5) is 24.1. The molecule has 1 amide bonds. The van der Waals surface area contributed by atoms with E-state index in [1.54, 1.807) is 18.2 Å². The van der Waals surface area contributed by atoms with Gasteiger partial charge in [0, 0.05) is 0 Å². The molecule has 1 fully saturated rings. The van der Waals surface area contributed by atoms with E-state index in [2.05, 4.69) is 0 Å². The molecule has 154 valence electrons. The Kier molecular flexibility index (Phi) is 5.52. The normalized spacial score (nSPS) is 20.7. The quantitative estimate of drug-likeness (QED) is 0.435. The monoisotopic (exact) mass is 409 g/mol. The van der Waals surface area contributed by atoms with E-state index < -0.39 is 34.9 Å². The third-order valence-electron chi connectivity index (χ3n) is 4.95. The Morgan fingerprint density at radius 2 is 1.93 bits per heavy atom. The number of methoxy groups -OCH3 is 1. The molecule has 1 aliphatic carbocycles. The van der Waals surface area contributed by atoms with Crippen molar-refractivity contribution in [3.8, 4) is 5.75 Å². The van der Waals surface area contributed by atoms with E-state index in [4.69, 9.17) is 14.7 Å². The number of benzene rings is 2. The maximum Gasteiger partial charge on any atom is 0.416 e. The minimum absolute atomic E-state index is 0.112. The number of nitrogens with one attached hydrogen (secondary N) is 1. The van der Waals surface area contributed by atoms with Gasteiger partial charge in [-0.1, -0.05) is 24.3 Å². The van der Waals surface area contributed by atoms with Crippen LogP contribution in [0.5, 0.6) is 5.75 Å². The Morgan fingerprint density at radius 3 is 2.59 bits per heavy atom. The first kappa shape index (κ1) is 20.7. The zero-order valence-corrected chi connectivity index (χ0v) is 15.3. The molecule has 2 aromatic carbocycles. The van der Waals surface area contributed by atoms with E-state index in [9.17, 15) is 22.8 Å². The lowest BCUT2D eigenvalue weighted by Gasteiger charge is -2.16. The predicted octanol–water partition coefficient (Wildman–Crippen LogP) is 3.22. The lowest BCUT2D eigenvalue weighted by atomic mass is 9.92. The van der Waals surface area contributed by atoms with Crippen LogP contribution in [0.25, 0.3) is 0 Å². The Morgan fingerprint density at radius 1 is 1.21 bits per heavy atom. The fourth-order valence-corrected chi connectivity index (χ4v) is 3.37. The summed E-state index contributed by atoms with van der Waals surface area (Å²) < 4.78 is 48.9. The zero-order chi connectivity index (χ0) is 21.2. The van der Waals surface area contributed by atoms with Gasteiger partial charge in [0.05, 0.1) is 18.6 Å². The summed E-state index contributed by atoms with van der Waals surface area (Å²) in [6.45, 7) is -0.112. The van der Waals surface area contributed by atoms with Crippen LogP contribution in [0.4, 0.5) is 13.2 Å². The van der Waals surface area contributed by atoms with Crippen LogP contribution in [-0.4, -0.2) is 24.2 Å². The molecule has 1 saturated carbocycles. The van der Waals surface area contributed by atoms with Crippen LogP contribution < -0.4 is 10.2 Å². The molecule has 6 nitrogen and oxygen atoms in total. The average Bonchev–Trinajstić information content (AvgIpc) is 3.48. The molecule has 0 aromatic heterocycles. The fraction of sp³-hybridized carbons (Fsp3) is 0.300. The summed E-state index contributed by atoms with van der Waals surface area (Å²) in [5.74, 6) is -1.80. The summed E-state index contributed by atoms with van der Waals surface area (Å²) in [6, 6.07) is 11.1. The number of hydrogen-bond donors (Lipinski definition) is 2. The highest BCUT2D eigenvalue weighted by Gasteiger charge is 2.65. The highest BCUT2D eigenvalue weighted by atomic mass is 19.4. The molecule has 0 unspecified atom stereocenters. The van der Waals surface area contributed by atoms with Gasteiger partial charge in [-0.25, -0.2) is 5.48 Å². The molecule has 2 N–H and O–H groups in total. The molecule has 0 bridgehead atoms. The minimum Gasteiger partial charge on any atom is -0.489 e. The van der Waals surface area contributed by atoms with E-state index in [1.807, 2.05) is 0 Å². The maximum absolute atomic E-state index is 12.8. The number of carbonyl (C=O) groups excluding carboxylic acids is 2. The molecule has 2 atom stereocenters. The van der Waals surface area contributed by atoms with Crippen LogP contribution in [0.3, 0.4) is 0 Å². The number of amides is 1. The summed E-state index contributed by atoms with van der Waals surface area (Å²) in [5, 5.41) is 8.87. The highest BCUT2D eigenvalue weighted by Crippen LogP contribution is 2.55. The van der Waals surface area contributed by atoms with E-state index in [0.717, 1.165) is 12.1 Å². The molecule has 9 heteroatoms. The van der Waals surface area contributed by atoms with E-state index >= 15 is 0 Å². The number of ether oxygens (including phenoxy) is 2. The van der Waals surface area contributed by atoms with Crippen molar-refractivity contribution in [2.75, 3.05) is 7.11 Å². The van der Waals surface area contributed by atoms with Crippen LogP contribution in [-0.2, 0) is 32.5 Å². The second kappa shape index (κ2) is 7.75. The highest BCUT2D eigenvalue weighted by molar-refractivity contribution is 5.97. The number of esters is 1. The van der Waals surface area contributed by atoms with Crippen LogP contribution >= 0.6 is 0 Å². The van der Waals surface area contributed by atoms with Crippen molar-refractivity contribution in [2.24, 2.45) is 5.92 Å². The fourth-order valence-electron chi connectivity index (χ4n) is 3.37. The summed E-state index contributed by atoms with van der Waals surface area (Å²) in [5.41, 5.74) is 0.318. The minimum atomic E-state index is -4.45. The number of carbonyl (C=O) groups is 2. The summed E-state index contributed by atoms with van der Waals surface area (Å²) >= 11 is 0. The standard InChI is InChI=1S/C20H18F3NO5/c1-28-18(26)19(10-16(19)17(25)24-27)13-5-3-7-15(9-13)29-11-12-4-2-6-14(8-12)20(21,22)23/h2-9,16,27H,10-11H2,1H3,(H,24,25)/t16-,19-/m0/s1. The van der Waals surface area contributed by atoms with Crippen molar-refractivity contribution in [1.82, 2.24) is 5.48 Å². The molecule has 3 rings (SSSR count). The smallest absolute Gasteiger partial charge is 0.416 e. The van der Waals surface area contributed by atoms with Gasteiger partial charge in [-0.2, -0.15) is 13.2 Å². The van der Waals surface area contributed by atoms with Gasteiger partial charge in [0.2, 0.25) is 5.91 Å². The molecule has 0 saturated heterocycles. The average molecular weight is 409 g/mol. The van der Waals surface area contributed by atoms with Gasteiger partial charge in [0.1, 0.15) is 17.8 Å². The molecule has 1 aliphatic rings. The number of hydrogen-bond acceptors (Lipinski definition) is 5. The molecular weight excluding hydrogens is 391 g/mol. The van der Waals surface area contributed by atoms with Crippen LogP contribution in [0.1, 0.15) is 23.1 Å². The number of hydroxylamine groups is 1. The first-order valence-corrected chi connectivity index (χ1v) is 8.64. The van der Waals surface area contributed by atoms with Crippen molar-refractivity contribution in [2.45, 2.75) is 24.6 Å². The number of halogens is 3. The first-order valence-electron chi connectivity index (χ1n) is 8.64. The van der Waals surface area contributed by atoms with Gasteiger partial charge in [-0.15, -0.1) is 0 Å². The molecule has 29 heavy (non-hydrogen) atoms. The van der Waals surface area contributed by atoms with Gasteiger partial charge >= 0.3 is 12.1 Å². The zero-order valence-electron chi connectivity index (χ0n) is 15.3. The predicted molar refractivity (Wildman–Crippen MR) is 93.9 cm³/mol. The lowest BCUT2D eigenvalue weighted by Crippen LogP contribution is -2.31. The van der Waals surface area contributed by atoms with Crippen molar-refractivity contribution in [3.05, 3.63) is 65.2 Å². The second-order valence-electron chi connectivity index (χ2n) is 6.71. The third kappa shape index (κ3) is 4.04. The van der Waals surface area contributed by atoms with E-state index in [1.165, 1.54) is 30.8 Å². The van der Waals surface area contributed by atoms with E-state index in [-0.39, 0.29) is 13.0 Å². The SMILES string of the molecule is COC(=O)[C@]1(c2cccc(OCc3cccc(C(F)(F)F)c3)c2)C[C@H]1C(=O)NO. The van der Waals surface area contributed by atoms with Gasteiger partial charge in [0.25, 0.3) is 0 Å². The summed E-state index contributed by atoms with van der Waals surface area (Å²) in [7, 11) is 1.20. The lowest BCUT2D eigenvalue weighted by molar-refractivity contribution is -0.146. The Hall–Kier alpha value is -3.07. The van der Waals surface area contributed by atoms with Crippen molar-refractivity contribution >= 4 is 11.9 Å². The van der Waals surface area contributed by atoms with Crippen LogP contribution in [0.15, 0.2) is 48.5 Å². The molecule has 0 aliphatic heterocycles. The Labute approximate surface area is 164 Å². The van der Waals surface area contributed by atoms with Gasteiger partial charge in [-0.05, 0) is 41.8 Å². The van der Waals surface area contributed by atoms with Crippen LogP contribution in [0.2, 0.25) is 0 Å². The molecule has 2 aromatic rings. The van der Waals surface area contributed by atoms with Gasteiger partial charge in [-0.3, -0.25) is 14.8 Å². The van der Waals surface area contributed by atoms with Gasteiger partial charge < -0.3 is 9.47 Å². The van der Waals surface area contributed by atoms with Crippen molar-refractivity contribution in [1.29, 1.82) is 0 Å². The number of alkyl halides is 3. The second-order valence-corrected chi connectivity index (χ2v) is 6.71. The molecular formula is C20H18F3NO5. The molecule has 0 spiro atoms. The van der Waals surface area contributed by atoms with E-state index in [0.29, 0.717) is 16.9 Å². The Bertz CT molecular complexity index is 930. The largest absolute Gasteiger partial charge is 0.489 e. The van der Waals surface area contributed by atoms with Crippen molar-refractivity contribution < 1.29 is 37.4 Å². The van der Waals surface area contributed by atoms with Crippen molar-refractivity contribution in [3.63, 3.8) is 0 Å². The molecule has 0 radical (unpaired) electrons. The topological polar surface area (TPSA) is 84.9 Å². The third-order valence-corrected chi connectivity index (χ3v) is 4.95. The number of rotatable bonds is 6. The summed E-state index contributed by atoms with van der Waals surface area (Å²) in [6.07, 6.45) is -4.29. The van der Waals surface area contributed by atoms with Crippen LogP contribution in [0, 0.1) is 5.92 Å². The molecule has 0 heterocycles. The Balaban J connectivity index is 1.80. The van der Waals surface area contributed by atoms with Gasteiger partial charge in [0.15, 0.2) is 0 Å². The first-order chi connectivity index (χ1) is 13.7.